The highest BCUT2D eigenvalue weighted by Gasteiger charge is 2.25. The fraction of sp³-hybridized carbons (Fsp3) is 0.250. The van der Waals surface area contributed by atoms with Gasteiger partial charge in [0.2, 0.25) is 0 Å². The van der Waals surface area contributed by atoms with E-state index in [4.69, 9.17) is 10.5 Å². The van der Waals surface area contributed by atoms with Crippen LogP contribution in [0.1, 0.15) is 18.1 Å². The fourth-order valence-electron chi connectivity index (χ4n) is 1.96. The Bertz CT molecular complexity index is 592. The Morgan fingerprint density at radius 2 is 1.71 bits per heavy atom. The van der Waals surface area contributed by atoms with Crippen molar-refractivity contribution in [2.24, 2.45) is 5.73 Å². The molecular formula is C16H17F2NO2. The van der Waals surface area contributed by atoms with Crippen LogP contribution in [-0.2, 0) is 12.1 Å². The van der Waals surface area contributed by atoms with Crippen molar-refractivity contribution in [3.05, 3.63) is 65.2 Å². The normalized spacial score (nSPS) is 13.8. The van der Waals surface area contributed by atoms with Crippen molar-refractivity contribution in [3.63, 3.8) is 0 Å². The summed E-state index contributed by atoms with van der Waals surface area (Å²) in [5.74, 6) is -2.18. The molecule has 0 aliphatic carbocycles. The molecule has 0 bridgehead atoms. The Morgan fingerprint density at radius 3 is 2.24 bits per heavy atom. The summed E-state index contributed by atoms with van der Waals surface area (Å²) in [6.45, 7) is 1.29. The molecule has 0 heterocycles. The minimum Gasteiger partial charge on any atom is -0.484 e. The van der Waals surface area contributed by atoms with Crippen molar-refractivity contribution in [3.8, 4) is 5.75 Å². The Hall–Kier alpha value is -1.98. The van der Waals surface area contributed by atoms with Gasteiger partial charge in [-0.3, -0.25) is 0 Å². The summed E-state index contributed by atoms with van der Waals surface area (Å²) in [7, 11) is 0. The van der Waals surface area contributed by atoms with Gasteiger partial charge in [0.15, 0.2) is 17.4 Å². The predicted octanol–water partition coefficient (Wildman–Crippen LogP) is 2.71. The quantitative estimate of drug-likeness (QED) is 0.891. The third-order valence-electron chi connectivity index (χ3n) is 3.19. The molecule has 21 heavy (non-hydrogen) atoms. The Kier molecular flexibility index (Phi) is 4.55. The molecule has 3 nitrogen and oxygen atoms in total. The molecule has 0 radical (unpaired) electrons. The molecular weight excluding hydrogens is 276 g/mol. The molecule has 0 saturated heterocycles. The zero-order valence-electron chi connectivity index (χ0n) is 11.6. The molecule has 2 aromatic carbocycles. The second-order valence-electron chi connectivity index (χ2n) is 5.02. The maximum Gasteiger partial charge on any atom is 0.190 e. The van der Waals surface area contributed by atoms with Gasteiger partial charge in [-0.05, 0) is 30.2 Å². The van der Waals surface area contributed by atoms with E-state index in [2.05, 4.69) is 0 Å². The van der Waals surface area contributed by atoms with E-state index in [0.29, 0.717) is 11.1 Å². The molecule has 0 spiro atoms. The lowest BCUT2D eigenvalue weighted by Crippen LogP contribution is -2.29. The molecule has 5 heteroatoms. The monoisotopic (exact) mass is 293 g/mol. The highest BCUT2D eigenvalue weighted by molar-refractivity contribution is 5.31. The highest BCUT2D eigenvalue weighted by atomic mass is 19.1. The zero-order chi connectivity index (χ0) is 15.5. The van der Waals surface area contributed by atoms with Crippen LogP contribution in [0.3, 0.4) is 0 Å². The topological polar surface area (TPSA) is 55.5 Å². The molecule has 0 fully saturated rings. The van der Waals surface area contributed by atoms with Gasteiger partial charge in [-0.2, -0.15) is 0 Å². The average molecular weight is 293 g/mol. The molecule has 0 saturated carbocycles. The summed E-state index contributed by atoms with van der Waals surface area (Å²) in [6, 6.07) is 11.0. The number of ether oxygens (including phenoxy) is 1. The van der Waals surface area contributed by atoms with Gasteiger partial charge in [-0.25, -0.2) is 8.78 Å². The first-order chi connectivity index (χ1) is 9.94. The standard InChI is InChI=1S/C16H17F2NO2/c1-16(20,12-5-3-2-4-6-12)10-21-15-13(17)7-11(9-19)8-14(15)18/h2-8,20H,9-10,19H2,1H3. The summed E-state index contributed by atoms with van der Waals surface area (Å²) in [5, 5.41) is 10.3. The van der Waals surface area contributed by atoms with Crippen molar-refractivity contribution in [1.82, 2.24) is 0 Å². The van der Waals surface area contributed by atoms with Crippen molar-refractivity contribution in [2.75, 3.05) is 6.61 Å². The predicted molar refractivity (Wildman–Crippen MR) is 75.8 cm³/mol. The van der Waals surface area contributed by atoms with Crippen LogP contribution in [0.2, 0.25) is 0 Å². The number of halogens is 2. The van der Waals surface area contributed by atoms with E-state index >= 15 is 0 Å². The summed E-state index contributed by atoms with van der Waals surface area (Å²) in [4.78, 5) is 0. The number of aliphatic hydroxyl groups is 1. The maximum absolute atomic E-state index is 13.8. The van der Waals surface area contributed by atoms with Crippen molar-refractivity contribution in [1.29, 1.82) is 0 Å². The first-order valence-electron chi connectivity index (χ1n) is 6.53. The minimum atomic E-state index is -1.35. The molecule has 1 atom stereocenters. The van der Waals surface area contributed by atoms with Gasteiger partial charge >= 0.3 is 0 Å². The third kappa shape index (κ3) is 3.56. The smallest absolute Gasteiger partial charge is 0.190 e. The van der Waals surface area contributed by atoms with E-state index in [0.717, 1.165) is 12.1 Å². The zero-order valence-corrected chi connectivity index (χ0v) is 11.6. The summed E-state index contributed by atoms with van der Waals surface area (Å²) < 4.78 is 32.7. The molecule has 0 aliphatic rings. The van der Waals surface area contributed by atoms with Crippen LogP contribution in [0.5, 0.6) is 5.75 Å². The van der Waals surface area contributed by atoms with Gasteiger partial charge in [0.25, 0.3) is 0 Å². The first kappa shape index (κ1) is 15.4. The number of rotatable bonds is 5. The molecule has 3 N–H and O–H groups in total. The Morgan fingerprint density at radius 1 is 1.14 bits per heavy atom. The van der Waals surface area contributed by atoms with Gasteiger partial charge in [0, 0.05) is 6.54 Å². The largest absolute Gasteiger partial charge is 0.484 e. The maximum atomic E-state index is 13.8. The van der Waals surface area contributed by atoms with Gasteiger partial charge in [-0.1, -0.05) is 30.3 Å². The summed E-state index contributed by atoms with van der Waals surface area (Å²) in [5.41, 5.74) is 4.93. The molecule has 1 unspecified atom stereocenters. The lowest BCUT2D eigenvalue weighted by atomic mass is 9.97. The highest BCUT2D eigenvalue weighted by Crippen LogP contribution is 2.27. The van der Waals surface area contributed by atoms with Gasteiger partial charge in [0.05, 0.1) is 0 Å². The Labute approximate surface area is 122 Å². The molecule has 2 aromatic rings. The third-order valence-corrected chi connectivity index (χ3v) is 3.19. The van der Waals surface area contributed by atoms with Gasteiger partial charge in [-0.15, -0.1) is 0 Å². The number of benzene rings is 2. The van der Waals surface area contributed by atoms with Crippen LogP contribution in [0.4, 0.5) is 8.78 Å². The van der Waals surface area contributed by atoms with E-state index in [9.17, 15) is 13.9 Å². The van der Waals surface area contributed by atoms with E-state index in [1.54, 1.807) is 24.3 Å². The molecule has 0 aromatic heterocycles. The van der Waals surface area contributed by atoms with Crippen LogP contribution in [0.25, 0.3) is 0 Å². The fourth-order valence-corrected chi connectivity index (χ4v) is 1.96. The van der Waals surface area contributed by atoms with E-state index < -0.39 is 23.0 Å². The number of hydrogen-bond acceptors (Lipinski definition) is 3. The van der Waals surface area contributed by atoms with E-state index in [-0.39, 0.29) is 13.2 Å². The number of nitrogens with two attached hydrogens (primary N) is 1. The summed E-state index contributed by atoms with van der Waals surface area (Å²) >= 11 is 0. The lowest BCUT2D eigenvalue weighted by molar-refractivity contribution is 0.00515. The number of hydrogen-bond donors (Lipinski definition) is 2. The van der Waals surface area contributed by atoms with Crippen molar-refractivity contribution >= 4 is 0 Å². The van der Waals surface area contributed by atoms with Crippen LogP contribution < -0.4 is 10.5 Å². The second kappa shape index (κ2) is 6.20. The van der Waals surface area contributed by atoms with Crippen LogP contribution in [-0.4, -0.2) is 11.7 Å². The Balaban J connectivity index is 2.17. The van der Waals surface area contributed by atoms with Crippen molar-refractivity contribution in [2.45, 2.75) is 19.1 Å². The molecule has 2 rings (SSSR count). The second-order valence-corrected chi connectivity index (χ2v) is 5.02. The molecule has 0 amide bonds. The lowest BCUT2D eigenvalue weighted by Gasteiger charge is -2.24. The van der Waals surface area contributed by atoms with Gasteiger partial charge < -0.3 is 15.6 Å². The van der Waals surface area contributed by atoms with Gasteiger partial charge in [0.1, 0.15) is 12.2 Å². The average Bonchev–Trinajstić information content (AvgIpc) is 2.47. The molecule has 112 valence electrons. The summed E-state index contributed by atoms with van der Waals surface area (Å²) in [6.07, 6.45) is 0. The van der Waals surface area contributed by atoms with E-state index in [1.165, 1.54) is 6.92 Å². The molecule has 0 aliphatic heterocycles. The van der Waals surface area contributed by atoms with Crippen LogP contribution in [0, 0.1) is 11.6 Å². The van der Waals surface area contributed by atoms with Crippen molar-refractivity contribution < 1.29 is 18.6 Å². The van der Waals surface area contributed by atoms with Crippen LogP contribution in [0.15, 0.2) is 42.5 Å². The van der Waals surface area contributed by atoms with E-state index in [1.807, 2.05) is 6.07 Å². The van der Waals surface area contributed by atoms with Crippen LogP contribution >= 0.6 is 0 Å². The minimum absolute atomic E-state index is 0.0376. The first-order valence-corrected chi connectivity index (χ1v) is 6.53. The SMILES string of the molecule is CC(O)(COc1c(F)cc(CN)cc1F)c1ccccc1.